The smallest absolute Gasteiger partial charge is 0.168 e. The summed E-state index contributed by atoms with van der Waals surface area (Å²) in [6.45, 7) is 7.32. The van der Waals surface area contributed by atoms with Crippen LogP contribution in [0.5, 0.6) is 5.75 Å². The Morgan fingerprint density at radius 1 is 1.21 bits per heavy atom. The van der Waals surface area contributed by atoms with Gasteiger partial charge in [0.15, 0.2) is 5.16 Å². The van der Waals surface area contributed by atoms with E-state index in [1.807, 2.05) is 12.1 Å². The number of aryl methyl sites for hydroxylation is 1. The molecule has 2 aromatic rings. The van der Waals surface area contributed by atoms with Gasteiger partial charge in [-0.15, -0.1) is 0 Å². The molecule has 0 bridgehead atoms. The molecule has 0 saturated carbocycles. The van der Waals surface area contributed by atoms with Crippen LogP contribution in [0.25, 0.3) is 0 Å². The lowest BCUT2D eigenvalue weighted by molar-refractivity contribution is 0.414. The van der Waals surface area contributed by atoms with Crippen LogP contribution < -0.4 is 4.74 Å². The van der Waals surface area contributed by atoms with Crippen molar-refractivity contribution in [1.82, 2.24) is 9.55 Å². The molecule has 0 spiro atoms. The van der Waals surface area contributed by atoms with Gasteiger partial charge in [-0.1, -0.05) is 23.9 Å². The molecule has 0 aliphatic carbocycles. The number of hydrogen-bond donors (Lipinski definition) is 0. The van der Waals surface area contributed by atoms with Gasteiger partial charge in [-0.2, -0.15) is 0 Å². The Hall–Kier alpha value is -1.42. The Bertz CT molecular complexity index is 546. The second kappa shape index (κ2) is 6.15. The minimum Gasteiger partial charge on any atom is -0.497 e. The van der Waals surface area contributed by atoms with E-state index in [1.54, 1.807) is 18.9 Å². The molecule has 0 radical (unpaired) electrons. The number of thioether (sulfide) groups is 1. The molecule has 19 heavy (non-hydrogen) atoms. The molecule has 102 valence electrons. The van der Waals surface area contributed by atoms with Crippen molar-refractivity contribution in [3.8, 4) is 5.75 Å². The standard InChI is InChI=1S/C15H20N2OS/c1-5-17-12(3)11(2)16-15(17)19-10-13-6-8-14(18-4)9-7-13/h6-9H,5,10H2,1-4H3. The van der Waals surface area contributed by atoms with Crippen LogP contribution in [0, 0.1) is 13.8 Å². The third kappa shape index (κ3) is 3.13. The molecule has 1 aromatic carbocycles. The zero-order valence-corrected chi connectivity index (χ0v) is 12.8. The van der Waals surface area contributed by atoms with Crippen molar-refractivity contribution < 1.29 is 4.74 Å². The second-order valence-electron chi connectivity index (χ2n) is 4.45. The largest absolute Gasteiger partial charge is 0.497 e. The van der Waals surface area contributed by atoms with E-state index in [-0.39, 0.29) is 0 Å². The maximum Gasteiger partial charge on any atom is 0.168 e. The number of aromatic nitrogens is 2. The molecule has 2 rings (SSSR count). The lowest BCUT2D eigenvalue weighted by Gasteiger charge is -2.07. The SMILES string of the molecule is CCn1c(SCc2ccc(OC)cc2)nc(C)c1C. The van der Waals surface area contributed by atoms with E-state index in [4.69, 9.17) is 4.74 Å². The highest BCUT2D eigenvalue weighted by Crippen LogP contribution is 2.25. The van der Waals surface area contributed by atoms with E-state index < -0.39 is 0 Å². The van der Waals surface area contributed by atoms with Crippen LogP contribution >= 0.6 is 11.8 Å². The molecule has 4 heteroatoms. The molecule has 0 fully saturated rings. The van der Waals surface area contributed by atoms with Crippen molar-refractivity contribution in [1.29, 1.82) is 0 Å². The second-order valence-corrected chi connectivity index (χ2v) is 5.39. The molecule has 1 aromatic heterocycles. The minimum absolute atomic E-state index is 0.899. The fraction of sp³-hybridized carbons (Fsp3) is 0.400. The fourth-order valence-corrected chi connectivity index (χ4v) is 3.09. The topological polar surface area (TPSA) is 27.1 Å². The summed E-state index contributed by atoms with van der Waals surface area (Å²) in [5.74, 6) is 1.83. The first kappa shape index (κ1) is 14.0. The summed E-state index contributed by atoms with van der Waals surface area (Å²) in [7, 11) is 1.69. The molecule has 0 aliphatic rings. The summed E-state index contributed by atoms with van der Waals surface area (Å²) in [5.41, 5.74) is 3.67. The molecule has 0 atom stereocenters. The third-order valence-electron chi connectivity index (χ3n) is 3.27. The maximum absolute atomic E-state index is 5.16. The summed E-state index contributed by atoms with van der Waals surface area (Å²) in [6, 6.07) is 8.20. The first-order valence-corrected chi connectivity index (χ1v) is 7.43. The molecule has 1 heterocycles. The summed E-state index contributed by atoms with van der Waals surface area (Å²) in [6.07, 6.45) is 0. The normalized spacial score (nSPS) is 10.7. The molecular weight excluding hydrogens is 256 g/mol. The highest BCUT2D eigenvalue weighted by atomic mass is 32.2. The Balaban J connectivity index is 2.07. The molecule has 0 amide bonds. The van der Waals surface area contributed by atoms with Crippen molar-refractivity contribution in [3.63, 3.8) is 0 Å². The predicted molar refractivity (Wildman–Crippen MR) is 79.9 cm³/mol. The number of imidazole rings is 1. The average molecular weight is 276 g/mol. The lowest BCUT2D eigenvalue weighted by Crippen LogP contribution is -1.99. The Morgan fingerprint density at radius 3 is 2.47 bits per heavy atom. The van der Waals surface area contributed by atoms with Crippen molar-refractivity contribution >= 4 is 11.8 Å². The van der Waals surface area contributed by atoms with Gasteiger partial charge in [-0.05, 0) is 38.5 Å². The summed E-state index contributed by atoms with van der Waals surface area (Å²) < 4.78 is 7.43. The van der Waals surface area contributed by atoms with Gasteiger partial charge < -0.3 is 9.30 Å². The molecule has 0 unspecified atom stereocenters. The average Bonchev–Trinajstić information content (AvgIpc) is 2.72. The van der Waals surface area contributed by atoms with Gasteiger partial charge in [-0.25, -0.2) is 4.98 Å². The van der Waals surface area contributed by atoms with Crippen molar-refractivity contribution in [2.45, 2.75) is 38.2 Å². The molecule has 0 aliphatic heterocycles. The van der Waals surface area contributed by atoms with Gasteiger partial charge in [0, 0.05) is 18.0 Å². The van der Waals surface area contributed by atoms with Crippen LogP contribution in [0.15, 0.2) is 29.4 Å². The van der Waals surface area contributed by atoms with E-state index in [1.165, 1.54) is 11.3 Å². The van der Waals surface area contributed by atoms with Crippen LogP contribution in [-0.2, 0) is 12.3 Å². The Morgan fingerprint density at radius 2 is 1.89 bits per heavy atom. The zero-order chi connectivity index (χ0) is 13.8. The number of benzene rings is 1. The number of hydrogen-bond acceptors (Lipinski definition) is 3. The lowest BCUT2D eigenvalue weighted by atomic mass is 10.2. The molecule has 3 nitrogen and oxygen atoms in total. The van der Waals surface area contributed by atoms with Crippen LogP contribution in [0.2, 0.25) is 0 Å². The number of nitrogens with zero attached hydrogens (tertiary/aromatic N) is 2. The zero-order valence-electron chi connectivity index (χ0n) is 11.9. The van der Waals surface area contributed by atoms with Crippen LogP contribution in [0.3, 0.4) is 0 Å². The Labute approximate surface area is 119 Å². The summed E-state index contributed by atoms with van der Waals surface area (Å²) >= 11 is 1.78. The minimum atomic E-state index is 0.899. The van der Waals surface area contributed by atoms with Crippen LogP contribution in [0.1, 0.15) is 23.9 Å². The number of ether oxygens (including phenoxy) is 1. The van der Waals surface area contributed by atoms with E-state index in [0.29, 0.717) is 0 Å². The third-order valence-corrected chi connectivity index (χ3v) is 4.31. The van der Waals surface area contributed by atoms with Crippen molar-refractivity contribution in [2.75, 3.05) is 7.11 Å². The van der Waals surface area contributed by atoms with Gasteiger partial charge in [0.05, 0.1) is 12.8 Å². The highest BCUT2D eigenvalue weighted by molar-refractivity contribution is 7.98. The van der Waals surface area contributed by atoms with Gasteiger partial charge in [0.1, 0.15) is 5.75 Å². The quantitative estimate of drug-likeness (QED) is 0.777. The van der Waals surface area contributed by atoms with E-state index >= 15 is 0 Å². The first-order chi connectivity index (χ1) is 9.15. The molecule has 0 saturated heterocycles. The van der Waals surface area contributed by atoms with Crippen molar-refractivity contribution in [3.05, 3.63) is 41.2 Å². The maximum atomic E-state index is 5.16. The van der Waals surface area contributed by atoms with Gasteiger partial charge in [0.25, 0.3) is 0 Å². The van der Waals surface area contributed by atoms with Gasteiger partial charge in [-0.3, -0.25) is 0 Å². The summed E-state index contributed by atoms with van der Waals surface area (Å²) in [5, 5.41) is 1.10. The monoisotopic (exact) mass is 276 g/mol. The van der Waals surface area contributed by atoms with E-state index in [0.717, 1.165) is 28.9 Å². The van der Waals surface area contributed by atoms with E-state index in [9.17, 15) is 0 Å². The summed E-state index contributed by atoms with van der Waals surface area (Å²) in [4.78, 5) is 4.63. The fourth-order valence-electron chi connectivity index (χ4n) is 1.98. The first-order valence-electron chi connectivity index (χ1n) is 6.45. The van der Waals surface area contributed by atoms with E-state index in [2.05, 4.69) is 42.5 Å². The predicted octanol–water partition coefficient (Wildman–Crippen LogP) is 3.82. The van der Waals surface area contributed by atoms with Crippen LogP contribution in [0.4, 0.5) is 0 Å². The number of rotatable bonds is 5. The van der Waals surface area contributed by atoms with Gasteiger partial charge >= 0.3 is 0 Å². The highest BCUT2D eigenvalue weighted by Gasteiger charge is 2.10. The molecule has 0 N–H and O–H groups in total. The van der Waals surface area contributed by atoms with Crippen LogP contribution in [-0.4, -0.2) is 16.7 Å². The van der Waals surface area contributed by atoms with Crippen molar-refractivity contribution in [2.24, 2.45) is 0 Å². The van der Waals surface area contributed by atoms with Gasteiger partial charge in [0.2, 0.25) is 0 Å². The molecular formula is C15H20N2OS. The Kier molecular flexibility index (Phi) is 4.53. The number of methoxy groups -OCH3 is 1.